The highest BCUT2D eigenvalue weighted by atomic mass is 16.5. The lowest BCUT2D eigenvalue weighted by molar-refractivity contribution is -0.127. The lowest BCUT2D eigenvalue weighted by Crippen LogP contribution is -2.59. The summed E-state index contributed by atoms with van der Waals surface area (Å²) >= 11 is 0. The molecule has 1 spiro atoms. The number of nitrogens with one attached hydrogen (secondary N) is 1. The average molecular weight is 520 g/mol. The molecule has 4 aromatic rings. The molecule has 2 heterocycles. The van der Waals surface area contributed by atoms with Gasteiger partial charge in [0.25, 0.3) is 0 Å². The molecule has 0 bridgehead atoms. The van der Waals surface area contributed by atoms with Crippen LogP contribution in [0, 0.1) is 5.92 Å². The molecule has 1 amide bonds. The number of amides is 1. The molecule has 4 aromatic carbocycles. The first kappa shape index (κ1) is 25.2. The first-order valence-electron chi connectivity index (χ1n) is 13.4. The van der Waals surface area contributed by atoms with E-state index in [0.29, 0.717) is 24.7 Å². The number of ether oxygens (including phenoxy) is 3. The number of carbonyl (C=O) groups excluding carboxylic acids is 1. The van der Waals surface area contributed by atoms with Gasteiger partial charge in [0.2, 0.25) is 5.91 Å². The van der Waals surface area contributed by atoms with E-state index in [1.54, 1.807) is 7.11 Å². The van der Waals surface area contributed by atoms with E-state index < -0.39 is 11.0 Å². The van der Waals surface area contributed by atoms with E-state index in [2.05, 4.69) is 73.8 Å². The third kappa shape index (κ3) is 4.09. The summed E-state index contributed by atoms with van der Waals surface area (Å²) in [5.74, 6) is 0.926. The Balaban J connectivity index is 1.63. The molecule has 0 fully saturated rings. The lowest BCUT2D eigenvalue weighted by Gasteiger charge is -2.53. The van der Waals surface area contributed by atoms with Crippen LogP contribution in [-0.2, 0) is 14.9 Å². The van der Waals surface area contributed by atoms with Gasteiger partial charge in [0.15, 0.2) is 0 Å². The van der Waals surface area contributed by atoms with E-state index in [9.17, 15) is 4.79 Å². The predicted molar refractivity (Wildman–Crippen MR) is 153 cm³/mol. The summed E-state index contributed by atoms with van der Waals surface area (Å²) in [6, 6.07) is 34.9. The van der Waals surface area contributed by atoms with E-state index in [-0.39, 0.29) is 17.7 Å². The maximum atomic E-state index is 14.5. The Morgan fingerprint density at radius 1 is 0.821 bits per heavy atom. The Labute approximate surface area is 229 Å². The van der Waals surface area contributed by atoms with Gasteiger partial charge in [-0.05, 0) is 42.7 Å². The number of benzene rings is 4. The molecule has 2 unspecified atom stereocenters. The van der Waals surface area contributed by atoms with E-state index in [4.69, 9.17) is 14.2 Å². The zero-order chi connectivity index (χ0) is 27.0. The van der Waals surface area contributed by atoms with Crippen LogP contribution >= 0.6 is 0 Å². The van der Waals surface area contributed by atoms with Crippen LogP contribution < -0.4 is 14.8 Å². The van der Waals surface area contributed by atoms with Crippen LogP contribution in [-0.4, -0.2) is 31.8 Å². The molecule has 2 aliphatic rings. The Bertz CT molecular complexity index is 1440. The number of anilines is 1. The second-order valence-corrected chi connectivity index (χ2v) is 10.8. The summed E-state index contributed by atoms with van der Waals surface area (Å²) in [6.07, 6.45) is 0. The van der Waals surface area contributed by atoms with Crippen LogP contribution in [0.3, 0.4) is 0 Å². The molecule has 0 radical (unpaired) electrons. The fourth-order valence-corrected chi connectivity index (χ4v) is 6.69. The number of para-hydroxylation sites is 1. The number of carbonyl (C=O) groups is 1. The normalized spacial score (nSPS) is 20.7. The minimum absolute atomic E-state index is 0.0313. The minimum atomic E-state index is -0.991. The second kappa shape index (κ2) is 9.90. The van der Waals surface area contributed by atoms with Gasteiger partial charge in [0, 0.05) is 36.3 Å². The highest BCUT2D eigenvalue weighted by molar-refractivity contribution is 6.10. The predicted octanol–water partition coefficient (Wildman–Crippen LogP) is 6.57. The van der Waals surface area contributed by atoms with Crippen LogP contribution in [0.1, 0.15) is 42.0 Å². The fraction of sp³-hybridized carbons (Fsp3) is 0.265. The Kier molecular flexibility index (Phi) is 6.40. The molecule has 0 aromatic heterocycles. The number of fused-ring (bicyclic) bond motifs is 4. The smallest absolute Gasteiger partial charge is 0.240 e. The molecule has 2 aliphatic heterocycles. The monoisotopic (exact) mass is 519 g/mol. The van der Waals surface area contributed by atoms with Gasteiger partial charge in [-0.25, -0.2) is 0 Å². The van der Waals surface area contributed by atoms with Crippen molar-refractivity contribution in [3.8, 4) is 11.5 Å². The van der Waals surface area contributed by atoms with Crippen LogP contribution in [0.2, 0.25) is 0 Å². The second-order valence-electron chi connectivity index (χ2n) is 10.8. The third-order valence-corrected chi connectivity index (χ3v) is 8.13. The SMILES string of the molecule is COCCOc1ccc2c(c1)OC(C)(C)C(C(c1ccccc1)c1ccccc1)C21C(=O)Nc2ccccc21. The number of hydrogen-bond donors (Lipinski definition) is 1. The molecule has 198 valence electrons. The lowest BCUT2D eigenvalue weighted by atomic mass is 9.54. The number of methoxy groups -OCH3 is 1. The summed E-state index contributed by atoms with van der Waals surface area (Å²) in [5, 5.41) is 3.24. The van der Waals surface area contributed by atoms with Crippen molar-refractivity contribution in [2.75, 3.05) is 25.6 Å². The standard InChI is InChI=1S/C34H33NO4/c1-33(2)31(30(23-12-6-4-7-13-23)24-14-8-5-9-15-24)34(26-16-10-11-17-28(26)35-32(34)36)27-19-18-25(22-29(27)39-33)38-21-20-37-3/h4-19,22,30-31H,20-21H2,1-3H3,(H,35,36). The summed E-state index contributed by atoms with van der Waals surface area (Å²) in [7, 11) is 1.65. The van der Waals surface area contributed by atoms with Gasteiger partial charge in [-0.3, -0.25) is 4.79 Å². The van der Waals surface area contributed by atoms with E-state index >= 15 is 0 Å². The maximum Gasteiger partial charge on any atom is 0.240 e. The average Bonchev–Trinajstić information content (AvgIpc) is 3.23. The molecule has 5 nitrogen and oxygen atoms in total. The van der Waals surface area contributed by atoms with Crippen molar-refractivity contribution in [1.82, 2.24) is 0 Å². The molecular weight excluding hydrogens is 486 g/mol. The van der Waals surface area contributed by atoms with Crippen molar-refractivity contribution in [2.24, 2.45) is 5.92 Å². The summed E-state index contributed by atoms with van der Waals surface area (Å²) < 4.78 is 18.0. The zero-order valence-corrected chi connectivity index (χ0v) is 22.5. The molecule has 6 rings (SSSR count). The quantitative estimate of drug-likeness (QED) is 0.281. The van der Waals surface area contributed by atoms with Crippen molar-refractivity contribution in [1.29, 1.82) is 0 Å². The summed E-state index contributed by atoms with van der Waals surface area (Å²) in [4.78, 5) is 14.5. The van der Waals surface area contributed by atoms with Gasteiger partial charge in [0.1, 0.15) is 29.1 Å². The Morgan fingerprint density at radius 3 is 2.13 bits per heavy atom. The molecule has 1 N–H and O–H groups in total. The van der Waals surface area contributed by atoms with Gasteiger partial charge in [-0.1, -0.05) is 84.9 Å². The van der Waals surface area contributed by atoms with E-state index in [1.807, 2.05) is 48.5 Å². The van der Waals surface area contributed by atoms with Gasteiger partial charge in [-0.2, -0.15) is 0 Å². The third-order valence-electron chi connectivity index (χ3n) is 8.13. The topological polar surface area (TPSA) is 56.8 Å². The van der Waals surface area contributed by atoms with Gasteiger partial charge >= 0.3 is 0 Å². The number of rotatable bonds is 7. The van der Waals surface area contributed by atoms with Crippen LogP contribution in [0.15, 0.2) is 103 Å². The van der Waals surface area contributed by atoms with Gasteiger partial charge in [0.05, 0.1) is 6.61 Å². The first-order chi connectivity index (χ1) is 19.0. The Morgan fingerprint density at radius 2 is 1.46 bits per heavy atom. The van der Waals surface area contributed by atoms with Crippen LogP contribution in [0.5, 0.6) is 11.5 Å². The largest absolute Gasteiger partial charge is 0.491 e. The molecule has 0 saturated carbocycles. The van der Waals surface area contributed by atoms with Crippen molar-refractivity contribution >= 4 is 11.6 Å². The van der Waals surface area contributed by atoms with Crippen LogP contribution in [0.4, 0.5) is 5.69 Å². The van der Waals surface area contributed by atoms with Crippen molar-refractivity contribution in [3.63, 3.8) is 0 Å². The molecule has 0 saturated heterocycles. The van der Waals surface area contributed by atoms with Gasteiger partial charge < -0.3 is 19.5 Å². The maximum absolute atomic E-state index is 14.5. The molecule has 0 aliphatic carbocycles. The highest BCUT2D eigenvalue weighted by Crippen LogP contribution is 2.62. The fourth-order valence-electron chi connectivity index (χ4n) is 6.69. The highest BCUT2D eigenvalue weighted by Gasteiger charge is 2.64. The van der Waals surface area contributed by atoms with Crippen molar-refractivity contribution in [2.45, 2.75) is 30.8 Å². The molecular formula is C34H33NO4. The minimum Gasteiger partial charge on any atom is -0.491 e. The summed E-state index contributed by atoms with van der Waals surface area (Å²) in [6.45, 7) is 5.13. The molecule has 39 heavy (non-hydrogen) atoms. The molecule has 5 heteroatoms. The van der Waals surface area contributed by atoms with Crippen molar-refractivity contribution < 1.29 is 19.0 Å². The van der Waals surface area contributed by atoms with Gasteiger partial charge in [-0.15, -0.1) is 0 Å². The number of hydrogen-bond acceptors (Lipinski definition) is 4. The Hall–Kier alpha value is -4.09. The molecule has 2 atom stereocenters. The first-order valence-corrected chi connectivity index (χ1v) is 13.4. The van der Waals surface area contributed by atoms with Crippen LogP contribution in [0.25, 0.3) is 0 Å². The van der Waals surface area contributed by atoms with E-state index in [0.717, 1.165) is 27.9 Å². The zero-order valence-electron chi connectivity index (χ0n) is 22.5. The van der Waals surface area contributed by atoms with Crippen molar-refractivity contribution in [3.05, 3.63) is 125 Å². The summed E-state index contributed by atoms with van der Waals surface area (Å²) in [5.41, 5.74) is 3.23. The van der Waals surface area contributed by atoms with E-state index in [1.165, 1.54) is 0 Å².